The van der Waals surface area contributed by atoms with E-state index in [2.05, 4.69) is 10.3 Å². The molecule has 0 atom stereocenters. The predicted octanol–water partition coefficient (Wildman–Crippen LogP) is 4.14. The fraction of sp³-hybridized carbons (Fsp3) is 0.333. The van der Waals surface area contributed by atoms with Crippen molar-refractivity contribution >= 4 is 22.4 Å². The van der Waals surface area contributed by atoms with Crippen molar-refractivity contribution in [1.82, 2.24) is 4.98 Å². The van der Waals surface area contributed by atoms with Crippen molar-refractivity contribution in [3.63, 3.8) is 0 Å². The van der Waals surface area contributed by atoms with Gasteiger partial charge in [-0.25, -0.2) is 13.8 Å². The number of aromatic nitrogens is 1. The molecular weight excluding hydrogens is 294 g/mol. The Morgan fingerprint density at radius 3 is 2.71 bits per heavy atom. The van der Waals surface area contributed by atoms with Crippen molar-refractivity contribution in [3.05, 3.63) is 34.7 Å². The van der Waals surface area contributed by atoms with Gasteiger partial charge < -0.3 is 5.32 Å². The molecule has 1 aromatic heterocycles. The molecule has 0 saturated heterocycles. The maximum absolute atomic E-state index is 13.3. The van der Waals surface area contributed by atoms with Gasteiger partial charge in [-0.1, -0.05) is 6.42 Å². The average molecular weight is 308 g/mol. The van der Waals surface area contributed by atoms with Crippen LogP contribution in [0.15, 0.2) is 18.2 Å². The second-order valence-electron chi connectivity index (χ2n) is 5.17. The van der Waals surface area contributed by atoms with Crippen LogP contribution in [0, 0.1) is 24.5 Å². The number of nitrogens with one attached hydrogen (secondary N) is 1. The zero-order chi connectivity index (χ0) is 15.0. The molecule has 1 aliphatic carbocycles. The van der Waals surface area contributed by atoms with E-state index < -0.39 is 11.6 Å². The highest BCUT2D eigenvalue weighted by Crippen LogP contribution is 2.33. The van der Waals surface area contributed by atoms with Gasteiger partial charge in [0.25, 0.3) is 0 Å². The van der Waals surface area contributed by atoms with Crippen molar-refractivity contribution in [1.29, 1.82) is 0 Å². The first-order chi connectivity index (χ1) is 10.0. The molecule has 1 amide bonds. The van der Waals surface area contributed by atoms with Crippen LogP contribution >= 0.6 is 11.3 Å². The smallest absolute Gasteiger partial charge is 0.229 e. The minimum Gasteiger partial charge on any atom is -0.302 e. The first kappa shape index (κ1) is 14.1. The number of benzene rings is 1. The Morgan fingerprint density at radius 1 is 1.33 bits per heavy atom. The summed E-state index contributed by atoms with van der Waals surface area (Å²) < 4.78 is 26.3. The molecule has 21 heavy (non-hydrogen) atoms. The van der Waals surface area contributed by atoms with E-state index in [9.17, 15) is 13.6 Å². The van der Waals surface area contributed by atoms with Crippen molar-refractivity contribution in [2.24, 2.45) is 5.92 Å². The molecule has 0 bridgehead atoms. The van der Waals surface area contributed by atoms with E-state index in [1.54, 1.807) is 0 Å². The molecule has 1 fully saturated rings. The number of carbonyl (C=O) groups excluding carboxylic acids is 1. The fourth-order valence-corrected chi connectivity index (χ4v) is 3.08. The van der Waals surface area contributed by atoms with Gasteiger partial charge in [-0.3, -0.25) is 4.79 Å². The Kier molecular flexibility index (Phi) is 3.71. The lowest BCUT2D eigenvalue weighted by molar-refractivity contribution is -0.122. The maximum atomic E-state index is 13.3. The molecule has 2 aromatic rings. The van der Waals surface area contributed by atoms with Crippen LogP contribution in [-0.4, -0.2) is 10.9 Å². The standard InChI is InChI=1S/C15H14F2N2OS/c1-8-13(10-5-6-11(16)12(17)7-10)18-15(21-8)19-14(20)9-3-2-4-9/h5-7,9H,2-4H2,1H3,(H,18,19,20). The number of halogens is 2. The lowest BCUT2D eigenvalue weighted by Crippen LogP contribution is -2.27. The van der Waals surface area contributed by atoms with Crippen LogP contribution in [0.1, 0.15) is 24.1 Å². The molecule has 1 aromatic carbocycles. The monoisotopic (exact) mass is 308 g/mol. The number of aryl methyl sites for hydroxylation is 1. The Hall–Kier alpha value is -1.82. The summed E-state index contributed by atoms with van der Waals surface area (Å²) in [7, 11) is 0. The third-order valence-electron chi connectivity index (χ3n) is 3.70. The van der Waals surface area contributed by atoms with Crippen LogP contribution in [0.25, 0.3) is 11.3 Å². The summed E-state index contributed by atoms with van der Waals surface area (Å²) in [6, 6.07) is 3.68. The van der Waals surface area contributed by atoms with E-state index in [1.807, 2.05) is 6.92 Å². The van der Waals surface area contributed by atoms with Gasteiger partial charge >= 0.3 is 0 Å². The van der Waals surface area contributed by atoms with E-state index >= 15 is 0 Å². The summed E-state index contributed by atoms with van der Waals surface area (Å²) in [4.78, 5) is 17.1. The molecule has 1 saturated carbocycles. The highest BCUT2D eigenvalue weighted by atomic mass is 32.1. The van der Waals surface area contributed by atoms with Crippen LogP contribution in [0.4, 0.5) is 13.9 Å². The van der Waals surface area contributed by atoms with E-state index in [0.29, 0.717) is 16.4 Å². The van der Waals surface area contributed by atoms with Crippen LogP contribution < -0.4 is 5.32 Å². The quantitative estimate of drug-likeness (QED) is 0.926. The Balaban J connectivity index is 1.83. The Labute approximate surface area is 125 Å². The van der Waals surface area contributed by atoms with E-state index in [1.165, 1.54) is 17.4 Å². The maximum Gasteiger partial charge on any atom is 0.229 e. The number of thiazole rings is 1. The first-order valence-electron chi connectivity index (χ1n) is 6.78. The van der Waals surface area contributed by atoms with Crippen molar-refractivity contribution in [2.75, 3.05) is 5.32 Å². The highest BCUT2D eigenvalue weighted by molar-refractivity contribution is 7.16. The SMILES string of the molecule is Cc1sc(NC(=O)C2CCC2)nc1-c1ccc(F)c(F)c1. The highest BCUT2D eigenvalue weighted by Gasteiger charge is 2.26. The molecule has 1 heterocycles. The normalized spacial score (nSPS) is 14.8. The van der Waals surface area contributed by atoms with Crippen LogP contribution in [0.5, 0.6) is 0 Å². The molecule has 0 unspecified atom stereocenters. The topological polar surface area (TPSA) is 42.0 Å². The third-order valence-corrected chi connectivity index (χ3v) is 4.58. The van der Waals surface area contributed by atoms with Gasteiger partial charge in [-0.2, -0.15) is 0 Å². The summed E-state index contributed by atoms with van der Waals surface area (Å²) >= 11 is 1.34. The van der Waals surface area contributed by atoms with Gasteiger partial charge in [0.05, 0.1) is 5.69 Å². The van der Waals surface area contributed by atoms with Crippen molar-refractivity contribution in [2.45, 2.75) is 26.2 Å². The largest absolute Gasteiger partial charge is 0.302 e. The number of carbonyl (C=O) groups is 1. The minimum atomic E-state index is -0.903. The Morgan fingerprint density at radius 2 is 2.10 bits per heavy atom. The van der Waals surface area contributed by atoms with Gasteiger partial charge in [-0.05, 0) is 38.0 Å². The summed E-state index contributed by atoms with van der Waals surface area (Å²) in [5.41, 5.74) is 1.08. The first-order valence-corrected chi connectivity index (χ1v) is 7.60. The summed E-state index contributed by atoms with van der Waals surface area (Å²) in [5.74, 6) is -1.71. The molecule has 0 spiro atoms. The molecule has 3 rings (SSSR count). The van der Waals surface area contributed by atoms with Crippen LogP contribution in [0.3, 0.4) is 0 Å². The number of anilines is 1. The van der Waals surface area contributed by atoms with Crippen molar-refractivity contribution in [3.8, 4) is 11.3 Å². The van der Waals surface area contributed by atoms with Gasteiger partial charge in [0.1, 0.15) is 0 Å². The summed E-state index contributed by atoms with van der Waals surface area (Å²) in [5, 5.41) is 3.31. The average Bonchev–Trinajstić information content (AvgIpc) is 2.71. The number of nitrogens with zero attached hydrogens (tertiary/aromatic N) is 1. The molecule has 1 N–H and O–H groups in total. The molecule has 3 nitrogen and oxygen atoms in total. The van der Waals surface area contributed by atoms with Gasteiger partial charge in [-0.15, -0.1) is 11.3 Å². The third kappa shape index (κ3) is 2.81. The van der Waals surface area contributed by atoms with Gasteiger partial charge in [0, 0.05) is 16.4 Å². The lowest BCUT2D eigenvalue weighted by Gasteiger charge is -2.23. The summed E-state index contributed by atoms with van der Waals surface area (Å²) in [6.07, 6.45) is 2.94. The number of rotatable bonds is 3. The molecule has 1 aliphatic rings. The minimum absolute atomic E-state index is 0.00756. The zero-order valence-corrected chi connectivity index (χ0v) is 12.3. The number of hydrogen-bond donors (Lipinski definition) is 1. The number of amides is 1. The second kappa shape index (κ2) is 5.52. The van der Waals surface area contributed by atoms with Crippen molar-refractivity contribution < 1.29 is 13.6 Å². The fourth-order valence-electron chi connectivity index (χ4n) is 2.24. The number of hydrogen-bond acceptors (Lipinski definition) is 3. The molecular formula is C15H14F2N2OS. The predicted molar refractivity (Wildman–Crippen MR) is 78.2 cm³/mol. The van der Waals surface area contributed by atoms with Crippen LogP contribution in [0.2, 0.25) is 0 Å². The van der Waals surface area contributed by atoms with Gasteiger partial charge in [0.15, 0.2) is 16.8 Å². The summed E-state index contributed by atoms with van der Waals surface area (Å²) in [6.45, 7) is 1.84. The molecule has 6 heteroatoms. The van der Waals surface area contributed by atoms with Gasteiger partial charge in [0.2, 0.25) is 5.91 Å². The zero-order valence-electron chi connectivity index (χ0n) is 11.5. The van der Waals surface area contributed by atoms with Crippen LogP contribution in [-0.2, 0) is 4.79 Å². The van der Waals surface area contributed by atoms with E-state index in [4.69, 9.17) is 0 Å². The molecule has 0 aliphatic heterocycles. The lowest BCUT2D eigenvalue weighted by atomic mass is 9.85. The van der Waals surface area contributed by atoms with E-state index in [0.717, 1.165) is 36.3 Å². The van der Waals surface area contributed by atoms with E-state index in [-0.39, 0.29) is 11.8 Å². The molecule has 110 valence electrons. The Bertz CT molecular complexity index is 695. The second-order valence-corrected chi connectivity index (χ2v) is 6.37. The molecule has 0 radical (unpaired) electrons.